The van der Waals surface area contributed by atoms with Gasteiger partial charge >= 0.3 is 0 Å². The molecule has 1 aliphatic carbocycles. The third-order valence-electron chi connectivity index (χ3n) is 3.59. The van der Waals surface area contributed by atoms with Crippen LogP contribution in [0, 0.1) is 5.82 Å². The molecule has 20 heavy (non-hydrogen) atoms. The first kappa shape index (κ1) is 12.8. The zero-order valence-electron chi connectivity index (χ0n) is 11.0. The first-order valence-corrected chi connectivity index (χ1v) is 6.75. The fourth-order valence-electron chi connectivity index (χ4n) is 2.18. The second kappa shape index (κ2) is 5.41. The van der Waals surface area contributed by atoms with Crippen molar-refractivity contribution in [3.05, 3.63) is 54.1 Å². The number of aromatic nitrogens is 1. The van der Waals surface area contributed by atoms with Crippen molar-refractivity contribution in [3.63, 3.8) is 0 Å². The van der Waals surface area contributed by atoms with Crippen LogP contribution in [0.3, 0.4) is 0 Å². The zero-order valence-corrected chi connectivity index (χ0v) is 11.0. The minimum Gasteiger partial charge on any atom is -0.348 e. The monoisotopic (exact) mass is 270 g/mol. The summed E-state index contributed by atoms with van der Waals surface area (Å²) in [4.78, 5) is 16.1. The molecule has 4 heteroatoms. The van der Waals surface area contributed by atoms with Gasteiger partial charge in [-0.05, 0) is 43.0 Å². The van der Waals surface area contributed by atoms with Crippen molar-refractivity contribution in [3.8, 4) is 11.1 Å². The number of carbonyl (C=O) groups excluding carboxylic acids is 1. The lowest BCUT2D eigenvalue weighted by Crippen LogP contribution is -2.39. The summed E-state index contributed by atoms with van der Waals surface area (Å²) in [7, 11) is 0. The van der Waals surface area contributed by atoms with Crippen molar-refractivity contribution in [1.29, 1.82) is 0 Å². The molecule has 1 fully saturated rings. The van der Waals surface area contributed by atoms with Crippen LogP contribution in [0.25, 0.3) is 11.1 Å². The van der Waals surface area contributed by atoms with E-state index in [1.807, 2.05) is 6.07 Å². The first-order valence-electron chi connectivity index (χ1n) is 6.75. The summed E-state index contributed by atoms with van der Waals surface area (Å²) in [6.07, 6.45) is 4.88. The van der Waals surface area contributed by atoms with Gasteiger partial charge < -0.3 is 5.32 Å². The third-order valence-corrected chi connectivity index (χ3v) is 3.59. The van der Waals surface area contributed by atoms with E-state index in [0.717, 1.165) is 24.0 Å². The molecule has 1 saturated carbocycles. The van der Waals surface area contributed by atoms with Crippen LogP contribution in [-0.2, 0) is 0 Å². The van der Waals surface area contributed by atoms with E-state index in [2.05, 4.69) is 10.3 Å². The molecule has 1 N–H and O–H groups in total. The summed E-state index contributed by atoms with van der Waals surface area (Å²) in [6.45, 7) is 0. The molecule has 1 heterocycles. The number of hydrogen-bond acceptors (Lipinski definition) is 2. The van der Waals surface area contributed by atoms with Crippen LogP contribution in [0.1, 0.15) is 29.8 Å². The van der Waals surface area contributed by atoms with Gasteiger partial charge in [0, 0.05) is 17.8 Å². The maximum absolute atomic E-state index is 13.2. The van der Waals surface area contributed by atoms with E-state index in [1.54, 1.807) is 24.4 Å². The second-order valence-electron chi connectivity index (χ2n) is 5.04. The molecule has 0 bridgehead atoms. The van der Waals surface area contributed by atoms with E-state index in [1.165, 1.54) is 18.6 Å². The first-order chi connectivity index (χ1) is 9.72. The van der Waals surface area contributed by atoms with Crippen LogP contribution in [-0.4, -0.2) is 16.9 Å². The van der Waals surface area contributed by atoms with E-state index in [-0.39, 0.29) is 11.7 Å². The molecule has 0 aliphatic heterocycles. The molecule has 1 aliphatic rings. The van der Waals surface area contributed by atoms with Crippen LogP contribution in [0.5, 0.6) is 0 Å². The largest absolute Gasteiger partial charge is 0.348 e. The Morgan fingerprint density at radius 1 is 1.20 bits per heavy atom. The lowest BCUT2D eigenvalue weighted by molar-refractivity contribution is 0.0912. The van der Waals surface area contributed by atoms with Crippen molar-refractivity contribution in [2.45, 2.75) is 25.3 Å². The third kappa shape index (κ3) is 2.69. The number of nitrogens with one attached hydrogen (secondary N) is 1. The topological polar surface area (TPSA) is 42.0 Å². The van der Waals surface area contributed by atoms with Crippen LogP contribution >= 0.6 is 0 Å². The van der Waals surface area contributed by atoms with E-state index < -0.39 is 0 Å². The SMILES string of the molecule is O=C(NC1CCC1)c1ccc(-c2cccc(F)c2)cn1. The Kier molecular flexibility index (Phi) is 3.46. The van der Waals surface area contributed by atoms with Gasteiger partial charge in [-0.3, -0.25) is 9.78 Å². The second-order valence-corrected chi connectivity index (χ2v) is 5.04. The summed E-state index contributed by atoms with van der Waals surface area (Å²) in [5, 5.41) is 2.94. The molecular formula is C16H15FN2O. The minimum atomic E-state index is -0.283. The molecule has 0 saturated heterocycles. The highest BCUT2D eigenvalue weighted by atomic mass is 19.1. The highest BCUT2D eigenvalue weighted by molar-refractivity contribution is 5.92. The van der Waals surface area contributed by atoms with Crippen LogP contribution in [0.15, 0.2) is 42.6 Å². The van der Waals surface area contributed by atoms with Gasteiger partial charge in [-0.1, -0.05) is 18.2 Å². The highest BCUT2D eigenvalue weighted by Crippen LogP contribution is 2.20. The number of amides is 1. The van der Waals surface area contributed by atoms with Crippen molar-refractivity contribution in [2.24, 2.45) is 0 Å². The van der Waals surface area contributed by atoms with E-state index in [4.69, 9.17) is 0 Å². The molecule has 0 radical (unpaired) electrons. The number of pyridine rings is 1. The van der Waals surface area contributed by atoms with Crippen molar-refractivity contribution >= 4 is 5.91 Å². The normalized spacial score (nSPS) is 14.7. The molecule has 3 nitrogen and oxygen atoms in total. The standard InChI is InChI=1S/C16H15FN2O/c17-13-4-1-3-11(9-13)12-7-8-15(18-10-12)16(20)19-14-5-2-6-14/h1,3-4,7-10,14H,2,5-6H2,(H,19,20). The van der Waals surface area contributed by atoms with Crippen molar-refractivity contribution < 1.29 is 9.18 Å². The maximum Gasteiger partial charge on any atom is 0.270 e. The van der Waals surface area contributed by atoms with Crippen LogP contribution in [0.2, 0.25) is 0 Å². The van der Waals surface area contributed by atoms with Crippen molar-refractivity contribution in [1.82, 2.24) is 10.3 Å². The quantitative estimate of drug-likeness (QED) is 0.930. The number of carbonyl (C=O) groups is 1. The number of nitrogens with zero attached hydrogens (tertiary/aromatic N) is 1. The number of hydrogen-bond donors (Lipinski definition) is 1. The number of rotatable bonds is 3. The smallest absolute Gasteiger partial charge is 0.270 e. The zero-order chi connectivity index (χ0) is 13.9. The molecule has 1 amide bonds. The molecule has 0 atom stereocenters. The van der Waals surface area contributed by atoms with Gasteiger partial charge in [0.15, 0.2) is 0 Å². The van der Waals surface area contributed by atoms with Gasteiger partial charge in [0.1, 0.15) is 11.5 Å². The summed E-state index contributed by atoms with van der Waals surface area (Å²) in [6, 6.07) is 10.1. The lowest BCUT2D eigenvalue weighted by atomic mass is 9.93. The van der Waals surface area contributed by atoms with Gasteiger partial charge in [-0.25, -0.2) is 4.39 Å². The van der Waals surface area contributed by atoms with E-state index in [9.17, 15) is 9.18 Å². The highest BCUT2D eigenvalue weighted by Gasteiger charge is 2.20. The van der Waals surface area contributed by atoms with Gasteiger partial charge in [0.25, 0.3) is 5.91 Å². The van der Waals surface area contributed by atoms with Crippen LogP contribution < -0.4 is 5.32 Å². The fraction of sp³-hybridized carbons (Fsp3) is 0.250. The Morgan fingerprint density at radius 3 is 2.65 bits per heavy atom. The average molecular weight is 270 g/mol. The molecule has 1 aromatic heterocycles. The summed E-state index contributed by atoms with van der Waals surface area (Å²) >= 11 is 0. The number of halogens is 1. The van der Waals surface area contributed by atoms with Gasteiger partial charge in [-0.2, -0.15) is 0 Å². The Hall–Kier alpha value is -2.23. The minimum absolute atomic E-state index is 0.138. The Balaban J connectivity index is 1.75. The summed E-state index contributed by atoms with van der Waals surface area (Å²) < 4.78 is 13.2. The van der Waals surface area contributed by atoms with Gasteiger partial charge in [0.05, 0.1) is 0 Å². The molecule has 2 aromatic rings. The Labute approximate surface area is 116 Å². The van der Waals surface area contributed by atoms with Crippen LogP contribution in [0.4, 0.5) is 4.39 Å². The van der Waals surface area contributed by atoms with Gasteiger partial charge in [0.2, 0.25) is 0 Å². The molecule has 3 rings (SSSR count). The molecule has 0 unspecified atom stereocenters. The molecule has 1 aromatic carbocycles. The average Bonchev–Trinajstić information content (AvgIpc) is 2.43. The van der Waals surface area contributed by atoms with E-state index >= 15 is 0 Å². The van der Waals surface area contributed by atoms with Crippen molar-refractivity contribution in [2.75, 3.05) is 0 Å². The summed E-state index contributed by atoms with van der Waals surface area (Å²) in [5.74, 6) is -0.421. The van der Waals surface area contributed by atoms with E-state index in [0.29, 0.717) is 11.7 Å². The fourth-order valence-corrected chi connectivity index (χ4v) is 2.18. The maximum atomic E-state index is 13.2. The number of benzene rings is 1. The predicted molar refractivity (Wildman–Crippen MR) is 74.7 cm³/mol. The summed E-state index contributed by atoms with van der Waals surface area (Å²) in [5.41, 5.74) is 1.95. The molecule has 102 valence electrons. The van der Waals surface area contributed by atoms with Gasteiger partial charge in [-0.15, -0.1) is 0 Å². The Morgan fingerprint density at radius 2 is 2.05 bits per heavy atom. The molecule has 0 spiro atoms. The molecular weight excluding hydrogens is 255 g/mol. The Bertz CT molecular complexity index is 621. The predicted octanol–water partition coefficient (Wildman–Crippen LogP) is 3.17. The lowest BCUT2D eigenvalue weighted by Gasteiger charge is -2.26.